The second-order valence-electron chi connectivity index (χ2n) is 5.11. The lowest BCUT2D eigenvalue weighted by Gasteiger charge is -2.31. The van der Waals surface area contributed by atoms with Crippen LogP contribution in [0.4, 0.5) is 0 Å². The summed E-state index contributed by atoms with van der Waals surface area (Å²) in [6, 6.07) is 0. The number of hydrogen-bond acceptors (Lipinski definition) is 3. The van der Waals surface area contributed by atoms with E-state index in [9.17, 15) is 0 Å². The Morgan fingerprint density at radius 1 is 1.40 bits per heavy atom. The molecule has 4 nitrogen and oxygen atoms in total. The van der Waals surface area contributed by atoms with Crippen molar-refractivity contribution >= 4 is 0 Å². The lowest BCUT2D eigenvalue weighted by atomic mass is 10.1. The van der Waals surface area contributed by atoms with Crippen LogP contribution in [-0.2, 0) is 19.6 Å². The summed E-state index contributed by atoms with van der Waals surface area (Å²) in [6.07, 6.45) is 2.05. The van der Waals surface area contributed by atoms with Gasteiger partial charge in [-0.15, -0.1) is 0 Å². The Morgan fingerprint density at radius 3 is 2.67 bits per heavy atom. The summed E-state index contributed by atoms with van der Waals surface area (Å²) in [6.45, 7) is 9.33. The highest BCUT2D eigenvalue weighted by atomic mass is 16.3. The Labute approximate surface area is 90.5 Å². The highest BCUT2D eigenvalue weighted by Crippen LogP contribution is 2.27. The van der Waals surface area contributed by atoms with E-state index in [2.05, 4.69) is 37.0 Å². The fraction of sp³-hybridized carbons (Fsp3) is 0.727. The molecule has 2 heterocycles. The lowest BCUT2D eigenvalue weighted by molar-refractivity contribution is 0.133. The standard InChI is InChI=1S/C11H19N3O/c1-11(2,3)13-6-9-7-14(4-5-15)12-10(9)8-13/h7,15H,4-6,8H2,1-3H3. The van der Waals surface area contributed by atoms with E-state index in [1.807, 2.05) is 4.68 Å². The van der Waals surface area contributed by atoms with Gasteiger partial charge in [0.05, 0.1) is 18.8 Å². The van der Waals surface area contributed by atoms with Crippen LogP contribution in [-0.4, -0.2) is 31.9 Å². The molecule has 0 saturated heterocycles. The predicted molar refractivity (Wildman–Crippen MR) is 58.3 cm³/mol. The smallest absolute Gasteiger partial charge is 0.0810 e. The van der Waals surface area contributed by atoms with E-state index in [4.69, 9.17) is 5.11 Å². The highest BCUT2D eigenvalue weighted by Gasteiger charge is 2.30. The molecule has 0 saturated carbocycles. The average molecular weight is 209 g/mol. The third kappa shape index (κ3) is 2.06. The quantitative estimate of drug-likeness (QED) is 0.789. The number of rotatable bonds is 2. The van der Waals surface area contributed by atoms with E-state index in [1.165, 1.54) is 11.3 Å². The van der Waals surface area contributed by atoms with Gasteiger partial charge in [-0.3, -0.25) is 9.58 Å². The third-order valence-corrected chi connectivity index (χ3v) is 2.90. The van der Waals surface area contributed by atoms with Crippen molar-refractivity contribution in [3.63, 3.8) is 0 Å². The molecular weight excluding hydrogens is 190 g/mol. The minimum Gasteiger partial charge on any atom is -0.394 e. The fourth-order valence-electron chi connectivity index (χ4n) is 1.90. The van der Waals surface area contributed by atoms with Crippen molar-refractivity contribution in [1.82, 2.24) is 14.7 Å². The predicted octanol–water partition coefficient (Wildman–Crippen LogP) is 0.989. The van der Waals surface area contributed by atoms with Gasteiger partial charge in [0.15, 0.2) is 0 Å². The van der Waals surface area contributed by atoms with E-state index >= 15 is 0 Å². The van der Waals surface area contributed by atoms with Crippen LogP contribution in [0.3, 0.4) is 0 Å². The van der Waals surface area contributed by atoms with Crippen molar-refractivity contribution < 1.29 is 5.11 Å². The summed E-state index contributed by atoms with van der Waals surface area (Å²) < 4.78 is 1.84. The van der Waals surface area contributed by atoms with Crippen molar-refractivity contribution in [2.45, 2.75) is 45.9 Å². The van der Waals surface area contributed by atoms with Crippen LogP contribution in [0.2, 0.25) is 0 Å². The molecule has 0 atom stereocenters. The third-order valence-electron chi connectivity index (χ3n) is 2.90. The van der Waals surface area contributed by atoms with Gasteiger partial charge < -0.3 is 5.11 Å². The van der Waals surface area contributed by atoms with Crippen LogP contribution in [0.15, 0.2) is 6.20 Å². The molecule has 0 aromatic carbocycles. The van der Waals surface area contributed by atoms with Crippen LogP contribution in [0, 0.1) is 0 Å². The van der Waals surface area contributed by atoms with Crippen LogP contribution in [0.1, 0.15) is 32.0 Å². The van der Waals surface area contributed by atoms with Gasteiger partial charge in [-0.1, -0.05) is 0 Å². The molecule has 0 amide bonds. The molecule has 0 radical (unpaired) electrons. The normalized spacial score (nSPS) is 17.1. The number of aliphatic hydroxyl groups excluding tert-OH is 1. The van der Waals surface area contributed by atoms with E-state index in [-0.39, 0.29) is 12.1 Å². The van der Waals surface area contributed by atoms with Crippen molar-refractivity contribution in [1.29, 1.82) is 0 Å². The monoisotopic (exact) mass is 209 g/mol. The molecule has 15 heavy (non-hydrogen) atoms. The largest absolute Gasteiger partial charge is 0.394 e. The highest BCUT2D eigenvalue weighted by molar-refractivity contribution is 5.22. The molecule has 1 aliphatic heterocycles. The molecule has 0 aliphatic carbocycles. The van der Waals surface area contributed by atoms with Gasteiger partial charge in [-0.05, 0) is 20.8 Å². The molecule has 1 N–H and O–H groups in total. The lowest BCUT2D eigenvalue weighted by Crippen LogP contribution is -2.37. The molecule has 0 bridgehead atoms. The first kappa shape index (κ1) is 10.6. The van der Waals surface area contributed by atoms with Crippen molar-refractivity contribution in [3.05, 3.63) is 17.5 Å². The molecule has 1 aromatic rings. The molecule has 2 rings (SSSR count). The van der Waals surface area contributed by atoms with Gasteiger partial charge in [-0.2, -0.15) is 5.10 Å². The SMILES string of the molecule is CC(C)(C)N1Cc2cn(CCO)nc2C1. The molecule has 1 aromatic heterocycles. The summed E-state index contributed by atoms with van der Waals surface area (Å²) in [5.41, 5.74) is 2.67. The Bertz CT molecular complexity index is 328. The molecule has 0 fully saturated rings. The summed E-state index contributed by atoms with van der Waals surface area (Å²) in [7, 11) is 0. The number of fused-ring (bicyclic) bond motifs is 1. The first-order chi connectivity index (χ1) is 7.00. The Morgan fingerprint density at radius 2 is 2.13 bits per heavy atom. The van der Waals surface area contributed by atoms with Crippen molar-refractivity contribution in [2.75, 3.05) is 6.61 Å². The zero-order valence-electron chi connectivity index (χ0n) is 9.69. The van der Waals surface area contributed by atoms with Gasteiger partial charge in [0.1, 0.15) is 0 Å². The van der Waals surface area contributed by atoms with E-state index < -0.39 is 0 Å². The molecule has 84 valence electrons. The summed E-state index contributed by atoms with van der Waals surface area (Å²) in [5, 5.41) is 13.3. The van der Waals surface area contributed by atoms with E-state index in [0.717, 1.165) is 13.1 Å². The fourth-order valence-corrected chi connectivity index (χ4v) is 1.90. The zero-order valence-corrected chi connectivity index (χ0v) is 9.69. The Kier molecular flexibility index (Phi) is 2.56. The van der Waals surface area contributed by atoms with Gasteiger partial charge >= 0.3 is 0 Å². The van der Waals surface area contributed by atoms with Crippen LogP contribution in [0.25, 0.3) is 0 Å². The number of hydrogen-bond donors (Lipinski definition) is 1. The van der Waals surface area contributed by atoms with Gasteiger partial charge in [0.2, 0.25) is 0 Å². The molecular formula is C11H19N3O. The number of aromatic nitrogens is 2. The average Bonchev–Trinajstić information content (AvgIpc) is 2.59. The molecule has 0 unspecified atom stereocenters. The first-order valence-electron chi connectivity index (χ1n) is 5.42. The summed E-state index contributed by atoms with van der Waals surface area (Å²) in [5.74, 6) is 0. The van der Waals surface area contributed by atoms with Gasteiger partial charge in [-0.25, -0.2) is 0 Å². The summed E-state index contributed by atoms with van der Waals surface area (Å²) >= 11 is 0. The second-order valence-corrected chi connectivity index (χ2v) is 5.11. The Balaban J connectivity index is 2.10. The number of aliphatic hydroxyl groups is 1. The molecule has 0 spiro atoms. The maximum Gasteiger partial charge on any atom is 0.0810 e. The minimum atomic E-state index is 0.156. The molecule has 1 aliphatic rings. The maximum absolute atomic E-state index is 8.82. The Hall–Kier alpha value is -0.870. The van der Waals surface area contributed by atoms with E-state index in [1.54, 1.807) is 0 Å². The molecule has 4 heteroatoms. The minimum absolute atomic E-state index is 0.156. The van der Waals surface area contributed by atoms with Crippen LogP contribution in [0.5, 0.6) is 0 Å². The van der Waals surface area contributed by atoms with Gasteiger partial charge in [0, 0.05) is 30.4 Å². The maximum atomic E-state index is 8.82. The van der Waals surface area contributed by atoms with Gasteiger partial charge in [0.25, 0.3) is 0 Å². The van der Waals surface area contributed by atoms with Crippen LogP contribution >= 0.6 is 0 Å². The summed E-state index contributed by atoms with van der Waals surface area (Å²) in [4.78, 5) is 2.41. The second kappa shape index (κ2) is 3.61. The number of nitrogens with zero attached hydrogens (tertiary/aromatic N) is 3. The first-order valence-corrected chi connectivity index (χ1v) is 5.42. The van der Waals surface area contributed by atoms with Crippen molar-refractivity contribution in [3.8, 4) is 0 Å². The zero-order chi connectivity index (χ0) is 11.1. The van der Waals surface area contributed by atoms with Crippen molar-refractivity contribution in [2.24, 2.45) is 0 Å². The topological polar surface area (TPSA) is 41.3 Å². The van der Waals surface area contributed by atoms with Crippen LogP contribution < -0.4 is 0 Å². The van der Waals surface area contributed by atoms with E-state index in [0.29, 0.717) is 6.54 Å².